The molecule has 9 nitrogen and oxygen atoms in total. The van der Waals surface area contributed by atoms with Gasteiger partial charge >= 0.3 is 19.8 Å². The van der Waals surface area contributed by atoms with Crippen LogP contribution in [-0.4, -0.2) is 49.3 Å². The summed E-state index contributed by atoms with van der Waals surface area (Å²) in [6.07, 6.45) is 107. The van der Waals surface area contributed by atoms with Gasteiger partial charge in [0.05, 0.1) is 13.2 Å². The smallest absolute Gasteiger partial charge is 0.462 e. The van der Waals surface area contributed by atoms with Crippen LogP contribution in [-0.2, 0) is 32.7 Å². The molecule has 504 valence electrons. The summed E-state index contributed by atoms with van der Waals surface area (Å²) in [6, 6.07) is 0. The van der Waals surface area contributed by atoms with Gasteiger partial charge in [0.15, 0.2) is 6.10 Å². The number of phosphoric ester groups is 1. The first-order chi connectivity index (χ1) is 43.8. The molecule has 3 N–H and O–H groups in total. The first kappa shape index (κ1) is 84.4. The molecule has 0 bridgehead atoms. The summed E-state index contributed by atoms with van der Waals surface area (Å²) in [6.45, 7) is 3.50. The Morgan fingerprint density at radius 1 is 0.337 bits per heavy atom. The van der Waals surface area contributed by atoms with Crippen molar-refractivity contribution in [1.29, 1.82) is 0 Å². The van der Waals surface area contributed by atoms with Crippen LogP contribution in [0.2, 0.25) is 0 Å². The van der Waals surface area contributed by atoms with Crippen LogP contribution < -0.4 is 5.73 Å². The molecule has 0 aliphatic carbocycles. The first-order valence-corrected chi connectivity index (χ1v) is 37.1. The predicted molar refractivity (Wildman–Crippen MR) is 385 cm³/mol. The second-order valence-corrected chi connectivity index (χ2v) is 24.4. The van der Waals surface area contributed by atoms with E-state index >= 15 is 0 Å². The van der Waals surface area contributed by atoms with E-state index in [-0.39, 0.29) is 32.6 Å². The summed E-state index contributed by atoms with van der Waals surface area (Å²) < 4.78 is 33.2. The van der Waals surface area contributed by atoms with Crippen LogP contribution in [0.15, 0.2) is 170 Å². The van der Waals surface area contributed by atoms with Gasteiger partial charge in [0.1, 0.15) is 6.61 Å². The van der Waals surface area contributed by atoms with Gasteiger partial charge in [-0.25, -0.2) is 4.57 Å². The summed E-state index contributed by atoms with van der Waals surface area (Å²) in [5.74, 6) is -0.844. The zero-order chi connectivity index (χ0) is 64.4. The van der Waals surface area contributed by atoms with Crippen LogP contribution in [0.5, 0.6) is 0 Å². The minimum absolute atomic E-state index is 0.0447. The molecule has 0 rings (SSSR count). The van der Waals surface area contributed by atoms with Gasteiger partial charge in [-0.3, -0.25) is 18.6 Å². The van der Waals surface area contributed by atoms with Crippen molar-refractivity contribution in [2.24, 2.45) is 5.73 Å². The maximum absolute atomic E-state index is 12.8. The van der Waals surface area contributed by atoms with E-state index in [1.54, 1.807) is 0 Å². The van der Waals surface area contributed by atoms with E-state index in [1.165, 1.54) is 109 Å². The summed E-state index contributed by atoms with van der Waals surface area (Å²) >= 11 is 0. The Labute approximate surface area is 546 Å². The molecular weight excluding hydrogens is 1120 g/mol. The average molecular weight is 1250 g/mol. The summed E-state index contributed by atoms with van der Waals surface area (Å²) in [5, 5.41) is 0. The lowest BCUT2D eigenvalue weighted by molar-refractivity contribution is -0.161. The van der Waals surface area contributed by atoms with Gasteiger partial charge in [0.2, 0.25) is 0 Å². The van der Waals surface area contributed by atoms with Gasteiger partial charge in [-0.05, 0) is 128 Å². The Morgan fingerprint density at radius 2 is 0.584 bits per heavy atom. The molecule has 0 aliphatic rings. The normalized spacial score (nSPS) is 14.0. The molecule has 0 spiro atoms. The number of nitrogens with two attached hydrogens (primary N) is 1. The Kier molecular flexibility index (Phi) is 68.7. The van der Waals surface area contributed by atoms with E-state index in [2.05, 4.69) is 184 Å². The maximum atomic E-state index is 12.8. The van der Waals surface area contributed by atoms with Gasteiger partial charge in [-0.15, -0.1) is 0 Å². The topological polar surface area (TPSA) is 134 Å². The van der Waals surface area contributed by atoms with Crippen molar-refractivity contribution in [3.8, 4) is 0 Å². The van der Waals surface area contributed by atoms with Crippen LogP contribution in [0.3, 0.4) is 0 Å². The lowest BCUT2D eigenvalue weighted by Crippen LogP contribution is -2.29. The number of hydrogen-bond acceptors (Lipinski definition) is 8. The second kappa shape index (κ2) is 72.4. The highest BCUT2D eigenvalue weighted by atomic mass is 31.2. The number of unbranched alkanes of at least 4 members (excludes halogenated alkanes) is 24. The minimum atomic E-state index is -4.41. The number of phosphoric acid groups is 1. The maximum Gasteiger partial charge on any atom is 0.472 e. The fourth-order valence-electron chi connectivity index (χ4n) is 9.42. The number of rotatable bonds is 65. The monoisotopic (exact) mass is 1250 g/mol. The van der Waals surface area contributed by atoms with Gasteiger partial charge in [0, 0.05) is 19.4 Å². The average Bonchev–Trinajstić information content (AvgIpc) is 3.68. The third kappa shape index (κ3) is 72.3. The van der Waals surface area contributed by atoms with E-state index in [0.29, 0.717) is 12.8 Å². The van der Waals surface area contributed by atoms with Crippen molar-refractivity contribution in [3.63, 3.8) is 0 Å². The fraction of sp³-hybridized carbons (Fsp3) is 0.620. The van der Waals surface area contributed by atoms with E-state index in [1.807, 2.05) is 0 Å². The molecule has 10 heteroatoms. The third-order valence-corrected chi connectivity index (χ3v) is 15.6. The van der Waals surface area contributed by atoms with E-state index in [4.69, 9.17) is 24.3 Å². The Bertz CT molecular complexity index is 2070. The minimum Gasteiger partial charge on any atom is -0.462 e. The molecule has 0 saturated heterocycles. The molecule has 0 radical (unpaired) electrons. The molecule has 2 unspecified atom stereocenters. The second-order valence-electron chi connectivity index (χ2n) is 23.0. The highest BCUT2D eigenvalue weighted by Gasteiger charge is 2.26. The molecule has 0 aromatic rings. The van der Waals surface area contributed by atoms with Gasteiger partial charge < -0.3 is 20.1 Å². The van der Waals surface area contributed by atoms with Crippen LogP contribution in [0.25, 0.3) is 0 Å². The van der Waals surface area contributed by atoms with Crippen molar-refractivity contribution < 1.29 is 37.6 Å². The van der Waals surface area contributed by atoms with Gasteiger partial charge in [-0.1, -0.05) is 312 Å². The van der Waals surface area contributed by atoms with E-state index in [0.717, 1.165) is 135 Å². The number of esters is 2. The number of ether oxygens (including phenoxy) is 2. The lowest BCUT2D eigenvalue weighted by atomic mass is 10.0. The molecule has 2 atom stereocenters. The molecule has 0 aromatic carbocycles. The molecule has 0 fully saturated rings. The van der Waals surface area contributed by atoms with Crippen molar-refractivity contribution in [2.45, 2.75) is 290 Å². The van der Waals surface area contributed by atoms with Crippen molar-refractivity contribution in [3.05, 3.63) is 170 Å². The van der Waals surface area contributed by atoms with Crippen molar-refractivity contribution in [2.75, 3.05) is 26.4 Å². The van der Waals surface area contributed by atoms with Gasteiger partial charge in [-0.2, -0.15) is 0 Å². The molecule has 89 heavy (non-hydrogen) atoms. The highest BCUT2D eigenvalue weighted by molar-refractivity contribution is 7.47. The summed E-state index contributed by atoms with van der Waals surface area (Å²) in [4.78, 5) is 35.4. The Morgan fingerprint density at radius 3 is 0.865 bits per heavy atom. The number of hydrogen-bond donors (Lipinski definition) is 2. The highest BCUT2D eigenvalue weighted by Crippen LogP contribution is 2.43. The van der Waals surface area contributed by atoms with Crippen LogP contribution in [0.4, 0.5) is 0 Å². The van der Waals surface area contributed by atoms with E-state index < -0.39 is 32.5 Å². The standard InChI is InChI=1S/C79H130NO8P/c1-3-5-7-9-11-13-15-17-19-21-23-25-27-29-31-33-34-35-36-37-38-39-40-41-42-44-46-48-50-52-54-56-58-60-62-64-66-68-70-72-79(82)88-77(76-87-89(83,84)86-74-73-80)75-85-78(81)71-69-67-65-63-61-59-57-55-53-51-49-47-45-43-32-30-28-26-24-22-20-18-16-14-12-10-8-6-4-2/h5-8,11-14,17-20,23-26,29-32,34-35,37-38,45,47,51,53,77H,3-4,9-10,15-16,21-22,27-28,33,36,39-44,46,48-50,52,54-76,80H2,1-2H3,(H,83,84)/b7-5-,8-6-,13-11-,14-12-,19-17-,20-18-,25-23-,26-24-,31-29-,32-30-,35-34-,38-37-,47-45-,53-51-. The number of carbonyl (C=O) groups is 2. The summed E-state index contributed by atoms with van der Waals surface area (Å²) in [7, 11) is -4.41. The zero-order valence-corrected chi connectivity index (χ0v) is 57.5. The number of carbonyl (C=O) groups excluding carboxylic acids is 2. The van der Waals surface area contributed by atoms with Crippen molar-refractivity contribution >= 4 is 19.8 Å². The molecule has 0 aliphatic heterocycles. The molecule has 0 heterocycles. The molecule has 0 aromatic heterocycles. The Hall–Kier alpha value is -4.63. The van der Waals surface area contributed by atoms with Crippen molar-refractivity contribution in [1.82, 2.24) is 0 Å². The predicted octanol–water partition coefficient (Wildman–Crippen LogP) is 23.7. The van der Waals surface area contributed by atoms with E-state index in [9.17, 15) is 19.0 Å². The van der Waals surface area contributed by atoms with Crippen LogP contribution >= 0.6 is 7.82 Å². The van der Waals surface area contributed by atoms with Gasteiger partial charge in [0.25, 0.3) is 0 Å². The quantitative estimate of drug-likeness (QED) is 0.0264. The van der Waals surface area contributed by atoms with Crippen LogP contribution in [0, 0.1) is 0 Å². The van der Waals surface area contributed by atoms with Crippen LogP contribution in [0.1, 0.15) is 284 Å². The Balaban J connectivity index is 3.93. The third-order valence-electron chi connectivity index (χ3n) is 14.6. The fourth-order valence-corrected chi connectivity index (χ4v) is 10.2. The molecular formula is C79H130NO8P. The molecule has 0 saturated carbocycles. The zero-order valence-electron chi connectivity index (χ0n) is 56.6. The first-order valence-electron chi connectivity index (χ1n) is 35.6. The largest absolute Gasteiger partial charge is 0.472 e. The SMILES string of the molecule is CC/C=C\C/C=C\C/C=C\C/C=C\C/C=C\C/C=C\C/C=C\CCCCCCCCCCCCCCCCCCCC(=O)OC(COC(=O)CCCCCCCCC/C=C\C/C=C\C/C=C\C/C=C\C/C=C\C/C=C\C/C=C\CC)COP(=O)(O)OCCN. The summed E-state index contributed by atoms with van der Waals surface area (Å²) in [5.41, 5.74) is 5.40. The lowest BCUT2D eigenvalue weighted by Gasteiger charge is -2.19. The number of allylic oxidation sites excluding steroid dienone is 28. The molecule has 0 amide bonds.